The van der Waals surface area contributed by atoms with Crippen LogP contribution in [0.25, 0.3) is 0 Å². The smallest absolute Gasteiger partial charge is 0.222 e. The van der Waals surface area contributed by atoms with Crippen LogP contribution in [0.1, 0.15) is 31.4 Å². The molecule has 0 radical (unpaired) electrons. The Morgan fingerprint density at radius 2 is 2.24 bits per heavy atom. The van der Waals surface area contributed by atoms with Gasteiger partial charge in [-0.1, -0.05) is 23.7 Å². The summed E-state index contributed by atoms with van der Waals surface area (Å²) in [5, 5.41) is 9.37. The number of aliphatic hydroxyl groups excluding tert-OH is 1. The molecule has 4 heteroatoms. The largest absolute Gasteiger partial charge is 0.396 e. The number of nitrogens with zero attached hydrogens (tertiary/aromatic N) is 1. The summed E-state index contributed by atoms with van der Waals surface area (Å²) < 4.78 is 0. The predicted molar refractivity (Wildman–Crippen MR) is 69.0 cm³/mol. The second kappa shape index (κ2) is 6.62. The molecule has 1 aromatic carbocycles. The normalized spacial score (nSPS) is 12.2. The van der Waals surface area contributed by atoms with E-state index < -0.39 is 0 Å². The van der Waals surface area contributed by atoms with Crippen molar-refractivity contribution in [1.82, 2.24) is 4.90 Å². The molecule has 1 unspecified atom stereocenters. The van der Waals surface area contributed by atoms with Crippen molar-refractivity contribution in [3.8, 4) is 0 Å². The van der Waals surface area contributed by atoms with Gasteiger partial charge in [-0.25, -0.2) is 0 Å². The van der Waals surface area contributed by atoms with Crippen LogP contribution in [0.4, 0.5) is 0 Å². The maximum absolute atomic E-state index is 11.8. The molecule has 0 aliphatic heterocycles. The molecule has 0 saturated heterocycles. The van der Waals surface area contributed by atoms with Crippen molar-refractivity contribution in [3.63, 3.8) is 0 Å². The van der Waals surface area contributed by atoms with E-state index in [0.717, 1.165) is 5.56 Å². The Morgan fingerprint density at radius 1 is 1.53 bits per heavy atom. The average molecular weight is 256 g/mol. The molecule has 94 valence electrons. The van der Waals surface area contributed by atoms with Gasteiger partial charge in [-0.3, -0.25) is 4.79 Å². The van der Waals surface area contributed by atoms with E-state index in [4.69, 9.17) is 16.7 Å². The highest BCUT2D eigenvalue weighted by molar-refractivity contribution is 6.30. The van der Waals surface area contributed by atoms with Crippen LogP contribution in [-0.2, 0) is 4.79 Å². The number of amides is 1. The molecule has 0 spiro atoms. The quantitative estimate of drug-likeness (QED) is 0.879. The van der Waals surface area contributed by atoms with E-state index in [2.05, 4.69) is 0 Å². The van der Waals surface area contributed by atoms with Crippen molar-refractivity contribution < 1.29 is 9.90 Å². The van der Waals surface area contributed by atoms with Gasteiger partial charge >= 0.3 is 0 Å². The van der Waals surface area contributed by atoms with Crippen molar-refractivity contribution in [2.75, 3.05) is 13.7 Å². The first kappa shape index (κ1) is 14.0. The van der Waals surface area contributed by atoms with Gasteiger partial charge in [0.2, 0.25) is 5.91 Å². The van der Waals surface area contributed by atoms with Gasteiger partial charge in [-0.15, -0.1) is 0 Å². The first-order valence-electron chi connectivity index (χ1n) is 5.68. The Labute approximate surface area is 107 Å². The summed E-state index contributed by atoms with van der Waals surface area (Å²) in [6.45, 7) is 2.01. The molecule has 0 saturated carbocycles. The van der Waals surface area contributed by atoms with Crippen LogP contribution in [0.3, 0.4) is 0 Å². The summed E-state index contributed by atoms with van der Waals surface area (Å²) in [6.07, 6.45) is 0.878. The van der Waals surface area contributed by atoms with Gasteiger partial charge in [0.05, 0.1) is 6.04 Å². The minimum Gasteiger partial charge on any atom is -0.396 e. The molecule has 17 heavy (non-hydrogen) atoms. The van der Waals surface area contributed by atoms with Crippen molar-refractivity contribution >= 4 is 17.5 Å². The highest BCUT2D eigenvalue weighted by Gasteiger charge is 2.16. The van der Waals surface area contributed by atoms with Crippen LogP contribution in [-0.4, -0.2) is 29.6 Å². The van der Waals surface area contributed by atoms with Gasteiger partial charge in [-0.2, -0.15) is 0 Å². The van der Waals surface area contributed by atoms with Crippen LogP contribution in [0.2, 0.25) is 5.02 Å². The lowest BCUT2D eigenvalue weighted by Crippen LogP contribution is -2.29. The second-order valence-corrected chi connectivity index (χ2v) is 4.50. The van der Waals surface area contributed by atoms with Crippen LogP contribution in [0, 0.1) is 0 Å². The van der Waals surface area contributed by atoms with Crippen molar-refractivity contribution in [2.45, 2.75) is 25.8 Å². The third-order valence-electron chi connectivity index (χ3n) is 2.85. The zero-order chi connectivity index (χ0) is 12.8. The topological polar surface area (TPSA) is 40.5 Å². The number of carbonyl (C=O) groups is 1. The van der Waals surface area contributed by atoms with E-state index in [1.165, 1.54) is 0 Å². The molecule has 1 aromatic rings. The van der Waals surface area contributed by atoms with Gasteiger partial charge in [0.25, 0.3) is 0 Å². The number of carbonyl (C=O) groups excluding carboxylic acids is 1. The number of rotatable bonds is 5. The van der Waals surface area contributed by atoms with Crippen LogP contribution in [0.5, 0.6) is 0 Å². The summed E-state index contributed by atoms with van der Waals surface area (Å²) in [5.74, 6) is 0.0338. The molecule has 1 rings (SSSR count). The number of aliphatic hydroxyl groups is 1. The van der Waals surface area contributed by atoms with Gasteiger partial charge in [0.1, 0.15) is 0 Å². The van der Waals surface area contributed by atoms with E-state index in [1.807, 2.05) is 31.2 Å². The Kier molecular flexibility index (Phi) is 5.45. The molecular weight excluding hydrogens is 238 g/mol. The molecule has 1 N–H and O–H groups in total. The molecule has 0 bridgehead atoms. The van der Waals surface area contributed by atoms with Crippen molar-refractivity contribution in [2.24, 2.45) is 0 Å². The monoisotopic (exact) mass is 255 g/mol. The third kappa shape index (κ3) is 4.02. The Hall–Kier alpha value is -1.06. The molecule has 0 fully saturated rings. The number of benzene rings is 1. The van der Waals surface area contributed by atoms with Gasteiger partial charge in [0.15, 0.2) is 0 Å². The van der Waals surface area contributed by atoms with E-state index in [9.17, 15) is 4.79 Å². The van der Waals surface area contributed by atoms with E-state index in [0.29, 0.717) is 17.9 Å². The third-order valence-corrected chi connectivity index (χ3v) is 3.09. The van der Waals surface area contributed by atoms with Gasteiger partial charge < -0.3 is 10.0 Å². The van der Waals surface area contributed by atoms with Crippen molar-refractivity contribution in [3.05, 3.63) is 34.9 Å². The molecule has 0 heterocycles. The maximum atomic E-state index is 11.8. The fraction of sp³-hybridized carbons (Fsp3) is 0.462. The first-order chi connectivity index (χ1) is 8.06. The lowest BCUT2D eigenvalue weighted by Gasteiger charge is -2.25. The summed E-state index contributed by atoms with van der Waals surface area (Å²) in [5.41, 5.74) is 1.01. The minimum atomic E-state index is -0.0140. The summed E-state index contributed by atoms with van der Waals surface area (Å²) >= 11 is 5.92. The number of hydrogen-bond donors (Lipinski definition) is 1. The van der Waals surface area contributed by atoms with Gasteiger partial charge in [-0.05, 0) is 31.0 Å². The fourth-order valence-electron chi connectivity index (χ4n) is 1.61. The second-order valence-electron chi connectivity index (χ2n) is 4.06. The molecule has 1 atom stereocenters. The lowest BCUT2D eigenvalue weighted by molar-refractivity contribution is -0.132. The predicted octanol–water partition coefficient (Wildman–Crippen LogP) is 2.63. The van der Waals surface area contributed by atoms with Crippen molar-refractivity contribution in [1.29, 1.82) is 0 Å². The molecule has 0 aromatic heterocycles. The SMILES string of the molecule is CC(c1cccc(Cl)c1)N(C)C(=O)CCCO. The first-order valence-corrected chi connectivity index (χ1v) is 6.06. The average Bonchev–Trinajstić information content (AvgIpc) is 2.34. The Morgan fingerprint density at radius 3 is 2.82 bits per heavy atom. The van der Waals surface area contributed by atoms with E-state index in [1.54, 1.807) is 11.9 Å². The Balaban J connectivity index is 2.69. The standard InChI is InChI=1S/C13H18ClNO2/c1-10(11-5-3-6-12(14)9-11)15(2)13(17)7-4-8-16/h3,5-6,9-10,16H,4,7-8H2,1-2H3. The number of hydrogen-bond acceptors (Lipinski definition) is 2. The summed E-state index contributed by atoms with van der Waals surface area (Å²) in [4.78, 5) is 13.5. The minimum absolute atomic E-state index is 0.0140. The van der Waals surface area contributed by atoms with Crippen LogP contribution in [0.15, 0.2) is 24.3 Å². The van der Waals surface area contributed by atoms with Gasteiger partial charge in [0, 0.05) is 25.1 Å². The molecule has 0 aliphatic rings. The molecule has 0 aliphatic carbocycles. The molecule has 1 amide bonds. The highest BCUT2D eigenvalue weighted by Crippen LogP contribution is 2.22. The summed E-state index contributed by atoms with van der Waals surface area (Å²) in [7, 11) is 1.77. The molecular formula is C13H18ClNO2. The zero-order valence-electron chi connectivity index (χ0n) is 10.2. The fourth-order valence-corrected chi connectivity index (χ4v) is 1.81. The van der Waals surface area contributed by atoms with Crippen LogP contribution < -0.4 is 0 Å². The molecule has 3 nitrogen and oxygen atoms in total. The lowest BCUT2D eigenvalue weighted by atomic mass is 10.1. The highest BCUT2D eigenvalue weighted by atomic mass is 35.5. The maximum Gasteiger partial charge on any atom is 0.222 e. The van der Waals surface area contributed by atoms with E-state index >= 15 is 0 Å². The summed E-state index contributed by atoms with van der Waals surface area (Å²) in [6, 6.07) is 7.49. The Bertz CT molecular complexity index is 381. The number of halogens is 1. The van der Waals surface area contributed by atoms with Crippen LogP contribution >= 0.6 is 11.6 Å². The zero-order valence-corrected chi connectivity index (χ0v) is 10.9. The van der Waals surface area contributed by atoms with E-state index in [-0.39, 0.29) is 18.6 Å².